The fourth-order valence-corrected chi connectivity index (χ4v) is 6.65. The van der Waals surface area contributed by atoms with Gasteiger partial charge in [0.25, 0.3) is 0 Å². The van der Waals surface area contributed by atoms with Crippen LogP contribution in [0.2, 0.25) is 0 Å². The number of alkyl halides is 3. The summed E-state index contributed by atoms with van der Waals surface area (Å²) in [5, 5.41) is 10.2. The van der Waals surface area contributed by atoms with Gasteiger partial charge < -0.3 is 4.57 Å². The normalized spacial score (nSPS) is 18.6. The number of halogens is 3. The zero-order chi connectivity index (χ0) is 27.7. The van der Waals surface area contributed by atoms with Crippen molar-refractivity contribution in [3.05, 3.63) is 58.8 Å². The van der Waals surface area contributed by atoms with E-state index >= 15 is 0 Å². The second kappa shape index (κ2) is 10.7. The van der Waals surface area contributed by atoms with Crippen LogP contribution in [0.4, 0.5) is 13.2 Å². The summed E-state index contributed by atoms with van der Waals surface area (Å²) >= 11 is 0. The summed E-state index contributed by atoms with van der Waals surface area (Å²) in [5.41, 5.74) is 1.90. The van der Waals surface area contributed by atoms with Crippen molar-refractivity contribution in [2.45, 2.75) is 89.4 Å². The number of nitrogens with one attached hydrogen (secondary N) is 1. The van der Waals surface area contributed by atoms with Gasteiger partial charge in [-0.15, -0.1) is 0 Å². The van der Waals surface area contributed by atoms with E-state index in [0.29, 0.717) is 23.2 Å². The first-order valence-electron chi connectivity index (χ1n) is 13.0. The average molecular weight is 547 g/mol. The summed E-state index contributed by atoms with van der Waals surface area (Å²) in [4.78, 5) is 4.22. The number of pyridine rings is 1. The average Bonchev–Trinajstić information content (AvgIpc) is 3.31. The third kappa shape index (κ3) is 5.32. The van der Waals surface area contributed by atoms with Gasteiger partial charge in [-0.1, -0.05) is 38.8 Å². The highest BCUT2D eigenvalue weighted by Crippen LogP contribution is 2.49. The van der Waals surface area contributed by atoms with Crippen molar-refractivity contribution < 1.29 is 21.6 Å². The number of nitriles is 1. The lowest BCUT2D eigenvalue weighted by atomic mass is 10.0. The minimum absolute atomic E-state index is 0.179. The zero-order valence-corrected chi connectivity index (χ0v) is 22.6. The van der Waals surface area contributed by atoms with Crippen LogP contribution in [-0.2, 0) is 10.0 Å². The molecule has 0 spiro atoms. The molecular formula is C28H33F3N4O2S. The Morgan fingerprint density at radius 3 is 2.55 bits per heavy atom. The molecule has 2 saturated carbocycles. The first kappa shape index (κ1) is 28.1. The first-order chi connectivity index (χ1) is 18.0. The molecule has 38 heavy (non-hydrogen) atoms. The van der Waals surface area contributed by atoms with Crippen molar-refractivity contribution in [2.75, 3.05) is 0 Å². The molecule has 0 atom stereocenters. The van der Waals surface area contributed by atoms with Crippen molar-refractivity contribution in [1.29, 1.82) is 5.26 Å². The summed E-state index contributed by atoms with van der Waals surface area (Å²) in [6.07, 6.45) is 6.71. The molecule has 6 nitrogen and oxygen atoms in total. The molecule has 4 rings (SSSR count). The van der Waals surface area contributed by atoms with Gasteiger partial charge >= 0.3 is 6.18 Å². The summed E-state index contributed by atoms with van der Waals surface area (Å²) < 4.78 is 70.3. The molecule has 10 heteroatoms. The van der Waals surface area contributed by atoms with Gasteiger partial charge in [-0.3, -0.25) is 4.98 Å². The standard InChI is InChI=1S/C28H33F3N4O2S/c1-4-6-9-20(12-13-22(5-2)38(36,37)34-27(14-15-27)28(29,30)31)26-23(17-32)25-24(16-19(3)18-33-25)35(26)21-10-7-8-11-21/h5,12-13,16,18,21,34H,2,4,6-11,14-15H2,1,3H3. The molecule has 0 saturated heterocycles. The molecule has 2 fully saturated rings. The Morgan fingerprint density at radius 1 is 1.32 bits per heavy atom. The third-order valence-corrected chi connectivity index (χ3v) is 9.05. The Morgan fingerprint density at radius 2 is 2.00 bits per heavy atom. The highest BCUT2D eigenvalue weighted by Gasteiger charge is 2.65. The molecular weight excluding hydrogens is 513 g/mol. The maximum atomic E-state index is 13.5. The van der Waals surface area contributed by atoms with Crippen molar-refractivity contribution in [2.24, 2.45) is 0 Å². The number of hydrogen-bond donors (Lipinski definition) is 1. The summed E-state index contributed by atoms with van der Waals surface area (Å²) in [6.45, 7) is 7.53. The molecule has 2 heterocycles. The van der Waals surface area contributed by atoms with Gasteiger partial charge in [0.15, 0.2) is 0 Å². The minimum atomic E-state index is -4.68. The van der Waals surface area contributed by atoms with Crippen molar-refractivity contribution in [1.82, 2.24) is 14.3 Å². The summed E-state index contributed by atoms with van der Waals surface area (Å²) in [7, 11) is -4.48. The lowest BCUT2D eigenvalue weighted by molar-refractivity contribution is -0.160. The highest BCUT2D eigenvalue weighted by atomic mass is 32.2. The number of sulfonamides is 1. The smallest absolute Gasteiger partial charge is 0.335 e. The van der Waals surface area contributed by atoms with Crippen LogP contribution in [0, 0.1) is 18.3 Å². The predicted octanol–water partition coefficient (Wildman–Crippen LogP) is 6.99. The van der Waals surface area contributed by atoms with Gasteiger partial charge in [-0.2, -0.15) is 23.2 Å². The molecule has 0 aromatic carbocycles. The number of allylic oxidation sites excluding steroid dienone is 4. The first-order valence-corrected chi connectivity index (χ1v) is 14.5. The van der Waals surface area contributed by atoms with E-state index in [0.717, 1.165) is 61.3 Å². The largest absolute Gasteiger partial charge is 0.407 e. The van der Waals surface area contributed by atoms with Crippen LogP contribution in [0.15, 0.2) is 42.0 Å². The number of unbranched alkanes of at least 4 members (excludes halogenated alkanes) is 1. The molecule has 204 valence electrons. The Balaban J connectivity index is 1.87. The topological polar surface area (TPSA) is 87.8 Å². The van der Waals surface area contributed by atoms with E-state index in [1.54, 1.807) is 12.3 Å². The van der Waals surface area contributed by atoms with Gasteiger partial charge in [0.2, 0.25) is 10.0 Å². The Bertz CT molecular complexity index is 1440. The van der Waals surface area contributed by atoms with Crippen LogP contribution in [0.5, 0.6) is 0 Å². The van der Waals surface area contributed by atoms with E-state index in [2.05, 4.69) is 22.2 Å². The summed E-state index contributed by atoms with van der Waals surface area (Å²) in [5.74, 6) is 0. The third-order valence-electron chi connectivity index (χ3n) is 7.47. The van der Waals surface area contributed by atoms with E-state index in [1.807, 2.05) is 24.6 Å². The van der Waals surface area contributed by atoms with Gasteiger partial charge in [-0.05, 0) is 74.8 Å². The number of aryl methyl sites for hydroxylation is 1. The zero-order valence-electron chi connectivity index (χ0n) is 21.7. The molecule has 0 unspecified atom stereocenters. The molecule has 2 aliphatic rings. The van der Waals surface area contributed by atoms with Gasteiger partial charge in [0.1, 0.15) is 22.7 Å². The molecule has 0 radical (unpaired) electrons. The highest BCUT2D eigenvalue weighted by molar-refractivity contribution is 7.93. The fraction of sp³-hybridized carbons (Fsp3) is 0.500. The molecule has 2 aliphatic carbocycles. The van der Waals surface area contributed by atoms with Crippen molar-refractivity contribution >= 4 is 26.6 Å². The Hall–Kier alpha value is -2.90. The maximum absolute atomic E-state index is 13.5. The summed E-state index contributed by atoms with van der Waals surface area (Å²) in [6, 6.07) is 4.53. The van der Waals surface area contributed by atoms with E-state index in [4.69, 9.17) is 0 Å². The fourth-order valence-electron chi connectivity index (χ4n) is 5.23. The predicted molar refractivity (Wildman–Crippen MR) is 143 cm³/mol. The quantitative estimate of drug-likeness (QED) is 0.325. The maximum Gasteiger partial charge on any atom is 0.407 e. The number of aromatic nitrogens is 2. The molecule has 0 aliphatic heterocycles. The van der Waals surface area contributed by atoms with Crippen LogP contribution in [-0.4, -0.2) is 29.7 Å². The van der Waals surface area contributed by atoms with Crippen LogP contribution < -0.4 is 4.72 Å². The van der Waals surface area contributed by atoms with Crippen molar-refractivity contribution in [3.8, 4) is 6.07 Å². The van der Waals surface area contributed by atoms with Crippen LogP contribution in [0.3, 0.4) is 0 Å². The molecule has 0 amide bonds. The lowest BCUT2D eigenvalue weighted by Crippen LogP contribution is -2.47. The van der Waals surface area contributed by atoms with Gasteiger partial charge in [-0.25, -0.2) is 8.42 Å². The number of nitrogens with zero attached hydrogens (tertiary/aromatic N) is 3. The second-order valence-electron chi connectivity index (χ2n) is 10.3. The van der Waals surface area contributed by atoms with Crippen LogP contribution in [0.1, 0.15) is 87.6 Å². The van der Waals surface area contributed by atoms with Gasteiger partial charge in [0.05, 0.1) is 16.1 Å². The minimum Gasteiger partial charge on any atom is -0.335 e. The molecule has 2 aromatic rings. The SMILES string of the molecule is C=CC(=CC=C(CCCC)c1c(C#N)c2ncc(C)cc2n1C1CCCC1)S(=O)(=O)NC1(C(F)(F)F)CC1. The van der Waals surface area contributed by atoms with E-state index in [1.165, 1.54) is 6.08 Å². The van der Waals surface area contributed by atoms with E-state index < -0.39 is 21.7 Å². The van der Waals surface area contributed by atoms with Crippen LogP contribution >= 0.6 is 0 Å². The molecule has 1 N–H and O–H groups in total. The molecule has 0 bridgehead atoms. The monoisotopic (exact) mass is 546 g/mol. The lowest BCUT2D eigenvalue weighted by Gasteiger charge is -2.21. The van der Waals surface area contributed by atoms with Crippen LogP contribution in [0.25, 0.3) is 16.6 Å². The number of rotatable bonds is 10. The van der Waals surface area contributed by atoms with E-state index in [-0.39, 0.29) is 23.8 Å². The number of hydrogen-bond acceptors (Lipinski definition) is 4. The Kier molecular flexibility index (Phi) is 7.91. The van der Waals surface area contributed by atoms with E-state index in [9.17, 15) is 26.9 Å². The Labute approximate surface area is 222 Å². The number of fused-ring (bicyclic) bond motifs is 1. The molecule has 2 aromatic heterocycles. The van der Waals surface area contributed by atoms with Gasteiger partial charge in [0, 0.05) is 12.2 Å². The van der Waals surface area contributed by atoms with Crippen molar-refractivity contribution in [3.63, 3.8) is 0 Å². The second-order valence-corrected chi connectivity index (χ2v) is 12.0.